The molecule has 0 aliphatic carbocycles. The third kappa shape index (κ3) is 8.13. The minimum absolute atomic E-state index is 0.0365. The Labute approximate surface area is 217 Å². The van der Waals surface area contributed by atoms with Crippen molar-refractivity contribution in [1.29, 1.82) is 0 Å². The van der Waals surface area contributed by atoms with Gasteiger partial charge in [0.2, 0.25) is 0 Å². The van der Waals surface area contributed by atoms with Gasteiger partial charge in [-0.1, -0.05) is 12.1 Å². The Kier molecular flexibility index (Phi) is 9.77. The molecule has 1 aliphatic heterocycles. The standard InChI is InChI=1S/C28H35FN4O4/c1-18(34)22-15-23(19(2)35)17-25(16-22)32-27(36)31-11-4-5-26-14-21(10-12-33(26)28(37)30-3)13-20-6-8-24(29)9-7-20/h6-9,15-17,21,26H,4-5,10-14H2,1-3H3,(H,30,37)(H2,31,32,36)/t21-,26-/m0/s1. The van der Waals surface area contributed by atoms with Crippen molar-refractivity contribution >= 4 is 29.3 Å². The third-order valence-electron chi connectivity index (χ3n) is 6.74. The monoisotopic (exact) mass is 510 g/mol. The Morgan fingerprint density at radius 1 is 1.00 bits per heavy atom. The van der Waals surface area contributed by atoms with Gasteiger partial charge in [-0.05, 0) is 87.8 Å². The molecule has 1 saturated heterocycles. The number of hydrogen-bond acceptors (Lipinski definition) is 4. The van der Waals surface area contributed by atoms with Crippen LogP contribution in [0.25, 0.3) is 0 Å². The lowest BCUT2D eigenvalue weighted by Gasteiger charge is -2.39. The van der Waals surface area contributed by atoms with E-state index < -0.39 is 6.03 Å². The molecule has 1 aliphatic rings. The fraction of sp³-hybridized carbons (Fsp3) is 0.429. The highest BCUT2D eigenvalue weighted by Gasteiger charge is 2.31. The Balaban J connectivity index is 1.53. The van der Waals surface area contributed by atoms with Crippen molar-refractivity contribution in [2.24, 2.45) is 5.92 Å². The molecule has 0 aromatic heterocycles. The first kappa shape index (κ1) is 27.8. The number of Topliss-reactive ketones (excluding diaryl/α,β-unsaturated/α-hetero) is 2. The van der Waals surface area contributed by atoms with Gasteiger partial charge in [-0.2, -0.15) is 0 Å². The minimum Gasteiger partial charge on any atom is -0.341 e. The summed E-state index contributed by atoms with van der Waals surface area (Å²) in [6, 6.07) is 10.7. The van der Waals surface area contributed by atoms with Crippen LogP contribution in [0.1, 0.15) is 65.8 Å². The molecule has 3 rings (SSSR count). The third-order valence-corrected chi connectivity index (χ3v) is 6.74. The maximum absolute atomic E-state index is 13.2. The zero-order valence-electron chi connectivity index (χ0n) is 21.6. The Morgan fingerprint density at radius 3 is 2.24 bits per heavy atom. The number of likely N-dealkylation sites (tertiary alicyclic amines) is 1. The lowest BCUT2D eigenvalue weighted by Crippen LogP contribution is -2.50. The van der Waals surface area contributed by atoms with E-state index in [-0.39, 0.29) is 29.5 Å². The first-order valence-corrected chi connectivity index (χ1v) is 12.6. The second-order valence-electron chi connectivity index (χ2n) is 9.56. The quantitative estimate of drug-likeness (QED) is 0.333. The van der Waals surface area contributed by atoms with Crippen LogP contribution in [0.2, 0.25) is 0 Å². The van der Waals surface area contributed by atoms with Crippen LogP contribution in [0.15, 0.2) is 42.5 Å². The fourth-order valence-corrected chi connectivity index (χ4v) is 4.78. The summed E-state index contributed by atoms with van der Waals surface area (Å²) in [5.74, 6) is -0.259. The van der Waals surface area contributed by atoms with Crippen molar-refractivity contribution < 1.29 is 23.6 Å². The van der Waals surface area contributed by atoms with Crippen LogP contribution in [0.3, 0.4) is 0 Å². The van der Waals surface area contributed by atoms with Gasteiger partial charge < -0.3 is 20.9 Å². The van der Waals surface area contributed by atoms with Crippen LogP contribution in [0, 0.1) is 11.7 Å². The minimum atomic E-state index is -0.434. The van der Waals surface area contributed by atoms with Crippen molar-refractivity contribution in [2.75, 3.05) is 25.5 Å². The van der Waals surface area contributed by atoms with Gasteiger partial charge in [0.25, 0.3) is 0 Å². The maximum Gasteiger partial charge on any atom is 0.319 e. The van der Waals surface area contributed by atoms with E-state index in [4.69, 9.17) is 0 Å². The molecule has 0 spiro atoms. The predicted molar refractivity (Wildman–Crippen MR) is 140 cm³/mol. The van der Waals surface area contributed by atoms with E-state index in [1.807, 2.05) is 17.0 Å². The number of carbonyl (C=O) groups excluding carboxylic acids is 4. The molecule has 198 valence electrons. The Bertz CT molecular complexity index is 1100. The van der Waals surface area contributed by atoms with E-state index in [2.05, 4.69) is 16.0 Å². The van der Waals surface area contributed by atoms with Gasteiger partial charge in [0.15, 0.2) is 11.6 Å². The number of amides is 4. The molecule has 1 fully saturated rings. The summed E-state index contributed by atoms with van der Waals surface area (Å²) < 4.78 is 13.2. The lowest BCUT2D eigenvalue weighted by atomic mass is 9.84. The topological polar surface area (TPSA) is 108 Å². The lowest BCUT2D eigenvalue weighted by molar-refractivity contribution is 0.101. The van der Waals surface area contributed by atoms with E-state index in [0.717, 1.165) is 31.2 Å². The van der Waals surface area contributed by atoms with Gasteiger partial charge in [-0.25, -0.2) is 14.0 Å². The van der Waals surface area contributed by atoms with Crippen molar-refractivity contribution in [3.8, 4) is 0 Å². The second kappa shape index (κ2) is 13.0. The van der Waals surface area contributed by atoms with E-state index in [1.54, 1.807) is 19.2 Å². The molecule has 0 saturated carbocycles. The zero-order valence-corrected chi connectivity index (χ0v) is 21.6. The molecule has 0 bridgehead atoms. The number of halogens is 1. The molecule has 37 heavy (non-hydrogen) atoms. The number of urea groups is 2. The summed E-state index contributed by atoms with van der Waals surface area (Å²) in [5.41, 5.74) is 2.16. The smallest absolute Gasteiger partial charge is 0.319 e. The number of carbonyl (C=O) groups is 4. The zero-order chi connectivity index (χ0) is 26.9. The first-order valence-electron chi connectivity index (χ1n) is 12.6. The summed E-state index contributed by atoms with van der Waals surface area (Å²) in [4.78, 5) is 50.2. The molecule has 2 atom stereocenters. The van der Waals surface area contributed by atoms with Crippen molar-refractivity contribution in [1.82, 2.24) is 15.5 Å². The molecule has 8 nitrogen and oxygen atoms in total. The molecule has 4 amide bonds. The van der Waals surface area contributed by atoms with Gasteiger partial charge in [0.05, 0.1) is 0 Å². The molecular weight excluding hydrogens is 475 g/mol. The molecular formula is C28H35FN4O4. The number of nitrogens with one attached hydrogen (secondary N) is 3. The average Bonchev–Trinajstić information content (AvgIpc) is 2.87. The molecule has 0 radical (unpaired) electrons. The number of ketones is 2. The number of rotatable bonds is 9. The summed E-state index contributed by atoms with van der Waals surface area (Å²) in [6.07, 6.45) is 3.94. The highest BCUT2D eigenvalue weighted by molar-refractivity contribution is 6.02. The van der Waals surface area contributed by atoms with Gasteiger partial charge in [-0.3, -0.25) is 9.59 Å². The normalized spacial score (nSPS) is 17.1. The van der Waals surface area contributed by atoms with E-state index >= 15 is 0 Å². The summed E-state index contributed by atoms with van der Waals surface area (Å²) in [7, 11) is 1.62. The molecule has 9 heteroatoms. The number of anilines is 1. The van der Waals surface area contributed by atoms with Crippen molar-refractivity contribution in [3.05, 3.63) is 65.0 Å². The van der Waals surface area contributed by atoms with Gasteiger partial charge in [0, 0.05) is 43.0 Å². The number of hydrogen-bond donors (Lipinski definition) is 3. The molecule has 3 N–H and O–H groups in total. The van der Waals surface area contributed by atoms with E-state index in [1.165, 1.54) is 32.0 Å². The van der Waals surface area contributed by atoms with Crippen molar-refractivity contribution in [2.45, 2.75) is 52.0 Å². The number of nitrogens with zero attached hydrogens (tertiary/aromatic N) is 1. The van der Waals surface area contributed by atoms with Crippen LogP contribution in [0.4, 0.5) is 19.7 Å². The maximum atomic E-state index is 13.2. The average molecular weight is 511 g/mol. The SMILES string of the molecule is CNC(=O)N1CC[C@@H](Cc2ccc(F)cc2)C[C@@H]1CCCNC(=O)Nc1cc(C(C)=O)cc(C(C)=O)c1. The Morgan fingerprint density at radius 2 is 1.65 bits per heavy atom. The van der Waals surface area contributed by atoms with Gasteiger partial charge >= 0.3 is 12.1 Å². The number of piperidine rings is 1. The highest BCUT2D eigenvalue weighted by atomic mass is 19.1. The van der Waals surface area contributed by atoms with Crippen LogP contribution >= 0.6 is 0 Å². The summed E-state index contributed by atoms with van der Waals surface area (Å²) in [6.45, 7) is 3.86. The molecule has 1 heterocycles. The Hall–Kier alpha value is -3.75. The van der Waals surface area contributed by atoms with E-state index in [0.29, 0.717) is 42.2 Å². The molecule has 2 aromatic carbocycles. The van der Waals surface area contributed by atoms with Gasteiger partial charge in [0.1, 0.15) is 5.82 Å². The van der Waals surface area contributed by atoms with Crippen LogP contribution in [-0.2, 0) is 6.42 Å². The van der Waals surface area contributed by atoms with Crippen molar-refractivity contribution in [3.63, 3.8) is 0 Å². The van der Waals surface area contributed by atoms with Crippen LogP contribution in [-0.4, -0.2) is 54.7 Å². The molecule has 0 unspecified atom stereocenters. The van der Waals surface area contributed by atoms with E-state index in [9.17, 15) is 23.6 Å². The summed E-state index contributed by atoms with van der Waals surface area (Å²) >= 11 is 0. The summed E-state index contributed by atoms with van der Waals surface area (Å²) in [5, 5.41) is 8.21. The molecule has 2 aromatic rings. The predicted octanol–water partition coefficient (Wildman–Crippen LogP) is 4.80. The first-order chi connectivity index (χ1) is 17.7. The van der Waals surface area contributed by atoms with Crippen LogP contribution < -0.4 is 16.0 Å². The van der Waals surface area contributed by atoms with Crippen LogP contribution in [0.5, 0.6) is 0 Å². The largest absolute Gasteiger partial charge is 0.341 e. The second-order valence-corrected chi connectivity index (χ2v) is 9.56. The highest BCUT2D eigenvalue weighted by Crippen LogP contribution is 2.28. The number of benzene rings is 2. The van der Waals surface area contributed by atoms with Gasteiger partial charge in [-0.15, -0.1) is 0 Å². The fourth-order valence-electron chi connectivity index (χ4n) is 4.78.